The maximum atomic E-state index is 12.1. The Labute approximate surface area is 97.2 Å². The quantitative estimate of drug-likeness (QED) is 0.631. The second-order valence-electron chi connectivity index (χ2n) is 4.02. The molecular formula is C9H13F3O4S. The molecule has 0 aliphatic heterocycles. The molecule has 1 aliphatic rings. The van der Waals surface area contributed by atoms with E-state index in [1.807, 2.05) is 0 Å². The molecule has 0 aromatic carbocycles. The van der Waals surface area contributed by atoms with Crippen molar-refractivity contribution in [2.75, 3.05) is 6.61 Å². The molecule has 0 amide bonds. The van der Waals surface area contributed by atoms with Crippen molar-refractivity contribution in [3.63, 3.8) is 0 Å². The molecule has 0 spiro atoms. The summed E-state index contributed by atoms with van der Waals surface area (Å²) in [6, 6.07) is 0. The standard InChI is InChI=1S/C9H13F3O4S/c1-6-2-3-7(5-13)8(4-6)16-17(14,15)9(10,11)12/h6,13H,2-5H2,1H3. The van der Waals surface area contributed by atoms with Gasteiger partial charge in [-0.3, -0.25) is 0 Å². The van der Waals surface area contributed by atoms with Gasteiger partial charge < -0.3 is 9.29 Å². The molecule has 0 aromatic rings. The molecule has 1 unspecified atom stereocenters. The molecule has 17 heavy (non-hydrogen) atoms. The van der Waals surface area contributed by atoms with E-state index in [1.54, 1.807) is 6.92 Å². The first kappa shape index (κ1) is 14.3. The van der Waals surface area contributed by atoms with Crippen LogP contribution in [0.2, 0.25) is 0 Å². The fourth-order valence-corrected chi connectivity index (χ4v) is 2.11. The van der Waals surface area contributed by atoms with Crippen molar-refractivity contribution in [3.8, 4) is 0 Å². The van der Waals surface area contributed by atoms with E-state index < -0.39 is 22.2 Å². The maximum Gasteiger partial charge on any atom is 0.534 e. The SMILES string of the molecule is CC1CCC(CO)=C(OS(=O)(=O)C(F)(F)F)C1. The number of aliphatic hydroxyl groups is 1. The van der Waals surface area contributed by atoms with E-state index in [4.69, 9.17) is 5.11 Å². The first-order valence-electron chi connectivity index (χ1n) is 5.00. The van der Waals surface area contributed by atoms with Gasteiger partial charge in [0, 0.05) is 6.42 Å². The molecule has 0 fully saturated rings. The third-order valence-corrected chi connectivity index (χ3v) is 3.54. The second-order valence-corrected chi connectivity index (χ2v) is 5.55. The maximum absolute atomic E-state index is 12.1. The fraction of sp³-hybridized carbons (Fsp3) is 0.778. The van der Waals surface area contributed by atoms with Gasteiger partial charge in [-0.1, -0.05) is 6.92 Å². The van der Waals surface area contributed by atoms with Gasteiger partial charge in [-0.15, -0.1) is 0 Å². The molecule has 0 heterocycles. The van der Waals surface area contributed by atoms with Gasteiger partial charge in [0.2, 0.25) is 0 Å². The Morgan fingerprint density at radius 3 is 2.53 bits per heavy atom. The number of allylic oxidation sites excluding steroid dienone is 1. The highest BCUT2D eigenvalue weighted by molar-refractivity contribution is 7.87. The Bertz CT molecular complexity index is 410. The molecule has 1 aliphatic carbocycles. The molecule has 8 heteroatoms. The lowest BCUT2D eigenvalue weighted by Crippen LogP contribution is -2.27. The van der Waals surface area contributed by atoms with Crippen molar-refractivity contribution in [3.05, 3.63) is 11.3 Å². The topological polar surface area (TPSA) is 63.6 Å². The Morgan fingerprint density at radius 1 is 1.47 bits per heavy atom. The predicted octanol–water partition coefficient (Wildman–Crippen LogP) is 1.92. The van der Waals surface area contributed by atoms with Crippen LogP contribution in [0.1, 0.15) is 26.2 Å². The third kappa shape index (κ3) is 3.35. The van der Waals surface area contributed by atoms with E-state index >= 15 is 0 Å². The average molecular weight is 274 g/mol. The molecule has 1 rings (SSSR count). The van der Waals surface area contributed by atoms with Crippen molar-refractivity contribution in [2.24, 2.45) is 5.92 Å². The Balaban J connectivity index is 2.96. The van der Waals surface area contributed by atoms with Crippen LogP contribution in [0.15, 0.2) is 11.3 Å². The van der Waals surface area contributed by atoms with Crippen LogP contribution in [0.5, 0.6) is 0 Å². The van der Waals surface area contributed by atoms with Crippen LogP contribution in [0.25, 0.3) is 0 Å². The summed E-state index contributed by atoms with van der Waals surface area (Å²) in [4.78, 5) is 0. The summed E-state index contributed by atoms with van der Waals surface area (Å²) >= 11 is 0. The molecule has 0 saturated heterocycles. The normalized spacial score (nSPS) is 22.8. The molecule has 100 valence electrons. The van der Waals surface area contributed by atoms with Crippen LogP contribution >= 0.6 is 0 Å². The van der Waals surface area contributed by atoms with Crippen molar-refractivity contribution < 1.29 is 30.9 Å². The van der Waals surface area contributed by atoms with Crippen molar-refractivity contribution in [1.82, 2.24) is 0 Å². The van der Waals surface area contributed by atoms with E-state index in [0.29, 0.717) is 12.8 Å². The smallest absolute Gasteiger partial charge is 0.392 e. The highest BCUT2D eigenvalue weighted by Gasteiger charge is 2.49. The van der Waals surface area contributed by atoms with Gasteiger partial charge in [0.1, 0.15) is 5.76 Å². The zero-order valence-electron chi connectivity index (χ0n) is 9.12. The number of hydrogen-bond donors (Lipinski definition) is 1. The minimum atomic E-state index is -5.63. The van der Waals surface area contributed by atoms with E-state index in [0.717, 1.165) is 0 Å². The summed E-state index contributed by atoms with van der Waals surface area (Å²) in [6.07, 6.45) is 1.13. The highest BCUT2D eigenvalue weighted by atomic mass is 32.2. The summed E-state index contributed by atoms with van der Waals surface area (Å²) in [5, 5.41) is 8.93. The van der Waals surface area contributed by atoms with Crippen molar-refractivity contribution in [1.29, 1.82) is 0 Å². The average Bonchev–Trinajstić information content (AvgIpc) is 2.15. The zero-order chi connectivity index (χ0) is 13.3. The summed E-state index contributed by atoms with van der Waals surface area (Å²) in [5.41, 5.74) is -5.22. The molecule has 1 N–H and O–H groups in total. The van der Waals surface area contributed by atoms with Crippen molar-refractivity contribution >= 4 is 10.1 Å². The van der Waals surface area contributed by atoms with Crippen LogP contribution in [0, 0.1) is 5.92 Å². The Kier molecular flexibility index (Phi) is 4.08. The van der Waals surface area contributed by atoms with Crippen LogP contribution < -0.4 is 0 Å². The predicted molar refractivity (Wildman–Crippen MR) is 53.2 cm³/mol. The second kappa shape index (κ2) is 4.85. The van der Waals surface area contributed by atoms with Gasteiger partial charge in [0.15, 0.2) is 0 Å². The molecule has 1 atom stereocenters. The number of rotatable bonds is 3. The van der Waals surface area contributed by atoms with Crippen LogP contribution in [0.3, 0.4) is 0 Å². The van der Waals surface area contributed by atoms with Gasteiger partial charge >= 0.3 is 15.6 Å². The first-order chi connectivity index (χ1) is 7.67. The minimum absolute atomic E-state index is 0.0312. The van der Waals surface area contributed by atoms with Gasteiger partial charge in [0.05, 0.1) is 6.61 Å². The zero-order valence-corrected chi connectivity index (χ0v) is 9.94. The number of alkyl halides is 3. The van der Waals surface area contributed by atoms with E-state index in [1.165, 1.54) is 0 Å². The summed E-state index contributed by atoms with van der Waals surface area (Å²) in [7, 11) is -5.63. The molecular weight excluding hydrogens is 261 g/mol. The summed E-state index contributed by atoms with van der Waals surface area (Å²) in [6.45, 7) is 1.28. The first-order valence-corrected chi connectivity index (χ1v) is 6.40. The monoisotopic (exact) mass is 274 g/mol. The van der Waals surface area contributed by atoms with Crippen LogP contribution in [0.4, 0.5) is 13.2 Å². The fourth-order valence-electron chi connectivity index (χ4n) is 1.56. The van der Waals surface area contributed by atoms with Gasteiger partial charge in [0.25, 0.3) is 0 Å². The largest absolute Gasteiger partial charge is 0.534 e. The molecule has 0 bridgehead atoms. The number of aliphatic hydroxyl groups excluding tert-OH is 1. The highest BCUT2D eigenvalue weighted by Crippen LogP contribution is 2.34. The molecule has 4 nitrogen and oxygen atoms in total. The van der Waals surface area contributed by atoms with Crippen molar-refractivity contribution in [2.45, 2.75) is 31.7 Å². The molecule has 0 saturated carbocycles. The van der Waals surface area contributed by atoms with Crippen LogP contribution in [-0.2, 0) is 14.3 Å². The van der Waals surface area contributed by atoms with E-state index in [-0.39, 0.29) is 23.7 Å². The Morgan fingerprint density at radius 2 is 2.06 bits per heavy atom. The Hall–Kier alpha value is -0.760. The summed E-state index contributed by atoms with van der Waals surface area (Å²) < 4.78 is 62.1. The third-order valence-electron chi connectivity index (χ3n) is 2.55. The molecule has 0 radical (unpaired) electrons. The van der Waals surface area contributed by atoms with Gasteiger partial charge in [-0.25, -0.2) is 0 Å². The minimum Gasteiger partial charge on any atom is -0.392 e. The van der Waals surface area contributed by atoms with Gasteiger partial charge in [-0.05, 0) is 24.3 Å². The number of halogens is 3. The van der Waals surface area contributed by atoms with Gasteiger partial charge in [-0.2, -0.15) is 21.6 Å². The van der Waals surface area contributed by atoms with Crippen LogP contribution in [-0.4, -0.2) is 25.6 Å². The lowest BCUT2D eigenvalue weighted by molar-refractivity contribution is -0.0526. The number of hydrogen-bond acceptors (Lipinski definition) is 4. The van der Waals surface area contributed by atoms with E-state index in [2.05, 4.69) is 4.18 Å². The lowest BCUT2D eigenvalue weighted by Gasteiger charge is -2.23. The summed E-state index contributed by atoms with van der Waals surface area (Å²) in [5.74, 6) is -0.243. The van der Waals surface area contributed by atoms with E-state index in [9.17, 15) is 21.6 Å². The lowest BCUT2D eigenvalue weighted by atomic mass is 9.90. The molecule has 0 aromatic heterocycles.